The number of esters is 1. The molecular formula is C12H11BrN2O2. The van der Waals surface area contributed by atoms with E-state index in [0.717, 1.165) is 15.7 Å². The first kappa shape index (κ1) is 11.9. The summed E-state index contributed by atoms with van der Waals surface area (Å²) in [5.74, 6) is 0.302. The Morgan fingerprint density at radius 2 is 2.12 bits per heavy atom. The molecule has 88 valence electrons. The molecule has 0 saturated heterocycles. The molecule has 4 nitrogen and oxygen atoms in total. The molecule has 17 heavy (non-hydrogen) atoms. The number of ether oxygens (including phenoxy) is 1. The molecule has 1 aromatic heterocycles. The SMILES string of the molecule is COC(=O)Cc1ncc(-c2ccc(Br)cc2)[nH]1. The first-order valence-electron chi connectivity index (χ1n) is 5.05. The number of nitrogens with one attached hydrogen (secondary N) is 1. The van der Waals surface area contributed by atoms with Gasteiger partial charge in [-0.3, -0.25) is 4.79 Å². The number of aromatic nitrogens is 2. The lowest BCUT2D eigenvalue weighted by Crippen LogP contribution is -2.05. The summed E-state index contributed by atoms with van der Waals surface area (Å²) >= 11 is 3.38. The Labute approximate surface area is 107 Å². The van der Waals surface area contributed by atoms with Crippen LogP contribution in [-0.4, -0.2) is 23.0 Å². The summed E-state index contributed by atoms with van der Waals surface area (Å²) in [7, 11) is 1.36. The average molecular weight is 295 g/mol. The Balaban J connectivity index is 2.18. The van der Waals surface area contributed by atoms with Crippen LogP contribution in [0.1, 0.15) is 5.82 Å². The van der Waals surface area contributed by atoms with Gasteiger partial charge in [-0.1, -0.05) is 28.1 Å². The fraction of sp³-hybridized carbons (Fsp3) is 0.167. The first-order valence-corrected chi connectivity index (χ1v) is 5.85. The second kappa shape index (κ2) is 5.14. The Morgan fingerprint density at radius 1 is 1.41 bits per heavy atom. The van der Waals surface area contributed by atoms with Gasteiger partial charge in [-0.2, -0.15) is 0 Å². The second-order valence-electron chi connectivity index (χ2n) is 3.50. The third-order valence-electron chi connectivity index (χ3n) is 2.32. The first-order chi connectivity index (χ1) is 8.19. The molecule has 0 aliphatic rings. The number of aromatic amines is 1. The number of benzene rings is 1. The highest BCUT2D eigenvalue weighted by molar-refractivity contribution is 9.10. The van der Waals surface area contributed by atoms with Crippen molar-refractivity contribution in [2.24, 2.45) is 0 Å². The molecule has 0 fully saturated rings. The van der Waals surface area contributed by atoms with Gasteiger partial charge in [0.15, 0.2) is 0 Å². The summed E-state index contributed by atoms with van der Waals surface area (Å²) in [4.78, 5) is 18.3. The maximum absolute atomic E-state index is 11.1. The van der Waals surface area contributed by atoms with Gasteiger partial charge >= 0.3 is 5.97 Å². The minimum atomic E-state index is -0.304. The van der Waals surface area contributed by atoms with Crippen molar-refractivity contribution in [1.29, 1.82) is 0 Å². The Bertz CT molecular complexity index is 520. The highest BCUT2D eigenvalue weighted by Crippen LogP contribution is 2.19. The van der Waals surface area contributed by atoms with E-state index in [-0.39, 0.29) is 12.4 Å². The number of hydrogen-bond acceptors (Lipinski definition) is 3. The molecule has 0 aliphatic carbocycles. The minimum absolute atomic E-state index is 0.160. The zero-order chi connectivity index (χ0) is 12.3. The van der Waals surface area contributed by atoms with Crippen LogP contribution in [0.2, 0.25) is 0 Å². The Morgan fingerprint density at radius 3 is 2.76 bits per heavy atom. The fourth-order valence-electron chi connectivity index (χ4n) is 1.44. The number of carbonyl (C=O) groups excluding carboxylic acids is 1. The van der Waals surface area contributed by atoms with Crippen molar-refractivity contribution >= 4 is 21.9 Å². The largest absolute Gasteiger partial charge is 0.469 e. The van der Waals surface area contributed by atoms with E-state index >= 15 is 0 Å². The van der Waals surface area contributed by atoms with Crippen LogP contribution in [0.15, 0.2) is 34.9 Å². The normalized spacial score (nSPS) is 10.2. The van der Waals surface area contributed by atoms with E-state index in [9.17, 15) is 4.79 Å². The summed E-state index contributed by atoms with van der Waals surface area (Å²) in [5.41, 5.74) is 1.91. The van der Waals surface area contributed by atoms with Crippen molar-refractivity contribution in [2.75, 3.05) is 7.11 Å². The van der Waals surface area contributed by atoms with E-state index in [2.05, 4.69) is 30.6 Å². The van der Waals surface area contributed by atoms with E-state index in [1.165, 1.54) is 7.11 Å². The quantitative estimate of drug-likeness (QED) is 0.885. The van der Waals surface area contributed by atoms with Gasteiger partial charge in [-0.15, -0.1) is 0 Å². The van der Waals surface area contributed by atoms with Crippen LogP contribution in [0, 0.1) is 0 Å². The summed E-state index contributed by atoms with van der Waals surface area (Å²) in [5, 5.41) is 0. The predicted molar refractivity (Wildman–Crippen MR) is 67.4 cm³/mol. The van der Waals surface area contributed by atoms with Crippen molar-refractivity contribution in [3.63, 3.8) is 0 Å². The topological polar surface area (TPSA) is 55.0 Å². The molecule has 0 aliphatic heterocycles. The third kappa shape index (κ3) is 2.94. The van der Waals surface area contributed by atoms with Crippen LogP contribution < -0.4 is 0 Å². The average Bonchev–Trinajstić information content (AvgIpc) is 2.78. The van der Waals surface area contributed by atoms with Gasteiger partial charge in [0, 0.05) is 4.47 Å². The molecule has 1 N–H and O–H groups in total. The number of hydrogen-bond donors (Lipinski definition) is 1. The van der Waals surface area contributed by atoms with Gasteiger partial charge in [0.05, 0.1) is 19.0 Å². The Hall–Kier alpha value is -1.62. The minimum Gasteiger partial charge on any atom is -0.469 e. The van der Waals surface area contributed by atoms with Gasteiger partial charge in [-0.25, -0.2) is 4.98 Å². The smallest absolute Gasteiger partial charge is 0.313 e. The van der Waals surface area contributed by atoms with Crippen LogP contribution in [0.3, 0.4) is 0 Å². The molecule has 0 atom stereocenters. The number of carbonyl (C=O) groups is 1. The molecule has 2 rings (SSSR count). The summed E-state index contributed by atoms with van der Waals surface area (Å²) in [6.45, 7) is 0. The maximum Gasteiger partial charge on any atom is 0.313 e. The number of imidazole rings is 1. The highest BCUT2D eigenvalue weighted by Gasteiger charge is 2.07. The maximum atomic E-state index is 11.1. The van der Waals surface area contributed by atoms with Crippen molar-refractivity contribution in [1.82, 2.24) is 9.97 Å². The third-order valence-corrected chi connectivity index (χ3v) is 2.85. The molecule has 0 amide bonds. The molecule has 1 aromatic carbocycles. The van der Waals surface area contributed by atoms with Crippen LogP contribution in [0.5, 0.6) is 0 Å². The fourth-order valence-corrected chi connectivity index (χ4v) is 1.70. The molecule has 0 radical (unpaired) electrons. The van der Waals surface area contributed by atoms with Crippen molar-refractivity contribution < 1.29 is 9.53 Å². The van der Waals surface area contributed by atoms with Crippen molar-refractivity contribution in [3.05, 3.63) is 40.8 Å². The van der Waals surface area contributed by atoms with Crippen LogP contribution in [0.25, 0.3) is 11.3 Å². The number of H-pyrrole nitrogens is 1. The van der Waals surface area contributed by atoms with E-state index in [1.54, 1.807) is 6.20 Å². The van der Waals surface area contributed by atoms with E-state index < -0.39 is 0 Å². The predicted octanol–water partition coefficient (Wildman–Crippen LogP) is 2.55. The molecule has 1 heterocycles. The Kier molecular flexibility index (Phi) is 3.58. The number of rotatable bonds is 3. The van der Waals surface area contributed by atoms with Gasteiger partial charge < -0.3 is 9.72 Å². The zero-order valence-electron chi connectivity index (χ0n) is 9.24. The van der Waals surface area contributed by atoms with E-state index in [0.29, 0.717) is 5.82 Å². The number of nitrogens with zero attached hydrogens (tertiary/aromatic N) is 1. The van der Waals surface area contributed by atoms with Crippen LogP contribution in [-0.2, 0) is 16.0 Å². The molecule has 0 bridgehead atoms. The molecule has 5 heteroatoms. The number of halogens is 1. The highest BCUT2D eigenvalue weighted by atomic mass is 79.9. The summed E-state index contributed by atoms with van der Waals surface area (Å²) in [6, 6.07) is 7.85. The lowest BCUT2D eigenvalue weighted by Gasteiger charge is -1.98. The molecule has 0 spiro atoms. The molecular weight excluding hydrogens is 284 g/mol. The summed E-state index contributed by atoms with van der Waals surface area (Å²) < 4.78 is 5.60. The molecule has 0 saturated carbocycles. The standard InChI is InChI=1S/C12H11BrN2O2/c1-17-12(16)6-11-14-7-10(15-11)8-2-4-9(13)5-3-8/h2-5,7H,6H2,1H3,(H,14,15). The van der Waals surface area contributed by atoms with Gasteiger partial charge in [0.1, 0.15) is 12.2 Å². The van der Waals surface area contributed by atoms with Crippen LogP contribution >= 0.6 is 15.9 Å². The van der Waals surface area contributed by atoms with Gasteiger partial charge in [0.25, 0.3) is 0 Å². The molecule has 0 unspecified atom stereocenters. The van der Waals surface area contributed by atoms with Gasteiger partial charge in [0.2, 0.25) is 0 Å². The van der Waals surface area contributed by atoms with Crippen molar-refractivity contribution in [2.45, 2.75) is 6.42 Å². The van der Waals surface area contributed by atoms with Crippen LogP contribution in [0.4, 0.5) is 0 Å². The molecule has 2 aromatic rings. The second-order valence-corrected chi connectivity index (χ2v) is 4.42. The summed E-state index contributed by atoms with van der Waals surface area (Å²) in [6.07, 6.45) is 1.87. The van der Waals surface area contributed by atoms with Crippen molar-refractivity contribution in [3.8, 4) is 11.3 Å². The van der Waals surface area contributed by atoms with E-state index in [4.69, 9.17) is 0 Å². The van der Waals surface area contributed by atoms with Gasteiger partial charge in [-0.05, 0) is 17.7 Å². The monoisotopic (exact) mass is 294 g/mol. The lowest BCUT2D eigenvalue weighted by molar-refractivity contribution is -0.139. The van der Waals surface area contributed by atoms with E-state index in [1.807, 2.05) is 24.3 Å². The lowest BCUT2D eigenvalue weighted by atomic mass is 10.2. The number of methoxy groups -OCH3 is 1. The zero-order valence-corrected chi connectivity index (χ0v) is 10.8.